The van der Waals surface area contributed by atoms with Crippen molar-refractivity contribution in [2.45, 2.75) is 79.2 Å². The Morgan fingerprint density at radius 2 is 1.92 bits per heavy atom. The van der Waals surface area contributed by atoms with Crippen molar-refractivity contribution in [1.82, 2.24) is 0 Å². The maximum absolute atomic E-state index is 11.5. The average Bonchev–Trinajstić information content (AvgIpc) is 2.48. The molecule has 0 amide bonds. The van der Waals surface area contributed by atoms with E-state index in [1.807, 2.05) is 6.92 Å². The highest BCUT2D eigenvalue weighted by molar-refractivity contribution is 5.80. The third-order valence-electron chi connectivity index (χ3n) is 7.02. The Balaban J connectivity index is 2.23. The lowest BCUT2D eigenvalue weighted by Gasteiger charge is -2.60. The van der Waals surface area contributed by atoms with Crippen molar-refractivity contribution in [3.63, 3.8) is 0 Å². The van der Waals surface area contributed by atoms with E-state index in [1.165, 1.54) is 18.6 Å². The second kappa shape index (κ2) is 7.58. The molecule has 1 N–H and O–H groups in total. The molecule has 4 heteroatoms. The van der Waals surface area contributed by atoms with Crippen LogP contribution in [0.1, 0.15) is 73.1 Å². The van der Waals surface area contributed by atoms with E-state index in [2.05, 4.69) is 27.4 Å². The summed E-state index contributed by atoms with van der Waals surface area (Å²) in [5.41, 5.74) is 2.26. The van der Waals surface area contributed by atoms with Gasteiger partial charge in [-0.05, 0) is 62.7 Å². The van der Waals surface area contributed by atoms with E-state index in [1.54, 1.807) is 0 Å². The molecule has 0 heterocycles. The Kier molecular flexibility index (Phi) is 6.04. The number of carboxylic acids is 1. The zero-order valence-corrected chi connectivity index (χ0v) is 16.9. The molecule has 4 nitrogen and oxygen atoms in total. The van der Waals surface area contributed by atoms with Crippen molar-refractivity contribution < 1.29 is 19.4 Å². The summed E-state index contributed by atoms with van der Waals surface area (Å²) in [5, 5.41) is 8.95. The van der Waals surface area contributed by atoms with Gasteiger partial charge in [0, 0.05) is 18.4 Å². The first kappa shape index (κ1) is 20.7. The molecular weight excluding hydrogens is 328 g/mol. The topological polar surface area (TPSA) is 63.6 Å². The quantitative estimate of drug-likeness (QED) is 0.418. The fraction of sp³-hybridized carbons (Fsp3) is 0.727. The number of carboxylic acid groups (broad SMARTS) is 1. The summed E-state index contributed by atoms with van der Waals surface area (Å²) in [4.78, 5) is 22.4. The number of hydrogen-bond acceptors (Lipinski definition) is 3. The molecule has 26 heavy (non-hydrogen) atoms. The first-order valence-corrected chi connectivity index (χ1v) is 9.73. The van der Waals surface area contributed by atoms with E-state index in [9.17, 15) is 9.59 Å². The van der Waals surface area contributed by atoms with Crippen LogP contribution in [0, 0.1) is 22.7 Å². The highest BCUT2D eigenvalue weighted by Gasteiger charge is 2.56. The fourth-order valence-electron chi connectivity index (χ4n) is 5.75. The van der Waals surface area contributed by atoms with Crippen molar-refractivity contribution in [3.05, 3.63) is 23.8 Å². The Morgan fingerprint density at radius 1 is 1.27 bits per heavy atom. The normalized spacial score (nSPS) is 34.1. The van der Waals surface area contributed by atoms with Crippen LogP contribution < -0.4 is 0 Å². The van der Waals surface area contributed by atoms with Gasteiger partial charge in [-0.15, -0.1) is 0 Å². The summed E-state index contributed by atoms with van der Waals surface area (Å²) in [7, 11) is 0. The lowest BCUT2D eigenvalue weighted by Crippen LogP contribution is -2.55. The molecule has 2 aliphatic carbocycles. The molecule has 0 bridgehead atoms. The van der Waals surface area contributed by atoms with E-state index in [-0.39, 0.29) is 22.9 Å². The van der Waals surface area contributed by atoms with Crippen LogP contribution >= 0.6 is 0 Å². The van der Waals surface area contributed by atoms with Gasteiger partial charge in [-0.1, -0.05) is 38.5 Å². The molecule has 0 aromatic heterocycles. The maximum atomic E-state index is 11.5. The van der Waals surface area contributed by atoms with Gasteiger partial charge >= 0.3 is 11.9 Å². The third kappa shape index (κ3) is 4.05. The second-order valence-electron chi connectivity index (χ2n) is 9.13. The SMILES string of the molecule is C=C1CC[C@@H]2C(C)(C)C(OC(C)=O)CC[C@]2(C)[C@@H]1CCC(C)=CC(=O)O. The average molecular weight is 363 g/mol. The lowest BCUT2D eigenvalue weighted by atomic mass is 9.46. The van der Waals surface area contributed by atoms with E-state index >= 15 is 0 Å². The summed E-state index contributed by atoms with van der Waals surface area (Å²) in [6, 6.07) is 0. The van der Waals surface area contributed by atoms with Crippen LogP contribution in [0.2, 0.25) is 0 Å². The molecule has 1 unspecified atom stereocenters. The van der Waals surface area contributed by atoms with Crippen molar-refractivity contribution >= 4 is 11.9 Å². The number of esters is 1. The molecule has 0 aromatic carbocycles. The van der Waals surface area contributed by atoms with E-state index < -0.39 is 5.97 Å². The fourth-order valence-corrected chi connectivity index (χ4v) is 5.75. The number of carbonyl (C=O) groups excluding carboxylic acids is 1. The van der Waals surface area contributed by atoms with Crippen molar-refractivity contribution in [1.29, 1.82) is 0 Å². The number of aliphatic carboxylic acids is 1. The Hall–Kier alpha value is -1.58. The number of carbonyl (C=O) groups is 2. The third-order valence-corrected chi connectivity index (χ3v) is 7.02. The molecule has 0 aliphatic heterocycles. The number of fused-ring (bicyclic) bond motifs is 1. The first-order valence-electron chi connectivity index (χ1n) is 9.73. The molecule has 4 atom stereocenters. The van der Waals surface area contributed by atoms with Gasteiger partial charge in [-0.2, -0.15) is 0 Å². The summed E-state index contributed by atoms with van der Waals surface area (Å²) in [6.07, 6.45) is 6.99. The van der Waals surface area contributed by atoms with Crippen LogP contribution in [0.5, 0.6) is 0 Å². The number of rotatable bonds is 5. The van der Waals surface area contributed by atoms with Gasteiger partial charge in [0.25, 0.3) is 0 Å². The predicted molar refractivity (Wildman–Crippen MR) is 103 cm³/mol. The van der Waals surface area contributed by atoms with Crippen molar-refractivity contribution in [2.24, 2.45) is 22.7 Å². The molecule has 146 valence electrons. The van der Waals surface area contributed by atoms with Crippen LogP contribution in [0.15, 0.2) is 23.8 Å². The van der Waals surface area contributed by atoms with E-state index in [4.69, 9.17) is 9.84 Å². The Morgan fingerprint density at radius 3 is 2.50 bits per heavy atom. The molecule has 2 saturated carbocycles. The van der Waals surface area contributed by atoms with Gasteiger partial charge in [0.2, 0.25) is 0 Å². The molecule has 0 saturated heterocycles. The highest BCUT2D eigenvalue weighted by atomic mass is 16.5. The summed E-state index contributed by atoms with van der Waals surface area (Å²) in [5.74, 6) is -0.224. The molecule has 0 aromatic rings. The van der Waals surface area contributed by atoms with Crippen LogP contribution in [0.3, 0.4) is 0 Å². The first-order chi connectivity index (χ1) is 12.0. The van der Waals surface area contributed by atoms with Crippen LogP contribution in [0.25, 0.3) is 0 Å². The van der Waals surface area contributed by atoms with Gasteiger partial charge in [-0.25, -0.2) is 4.79 Å². The Labute approximate surface area is 157 Å². The molecular formula is C22H34O4. The van der Waals surface area contributed by atoms with Gasteiger partial charge in [0.05, 0.1) is 0 Å². The largest absolute Gasteiger partial charge is 0.478 e. The maximum Gasteiger partial charge on any atom is 0.328 e. The van der Waals surface area contributed by atoms with Crippen LogP contribution in [-0.2, 0) is 14.3 Å². The van der Waals surface area contributed by atoms with Crippen LogP contribution in [0.4, 0.5) is 0 Å². The molecule has 0 spiro atoms. The number of allylic oxidation sites excluding steroid dienone is 2. The monoisotopic (exact) mass is 362 g/mol. The lowest BCUT2D eigenvalue weighted by molar-refractivity contribution is -0.174. The minimum absolute atomic E-state index is 0.0290. The minimum Gasteiger partial charge on any atom is -0.478 e. The summed E-state index contributed by atoms with van der Waals surface area (Å²) < 4.78 is 5.67. The highest BCUT2D eigenvalue weighted by Crippen LogP contribution is 2.62. The second-order valence-corrected chi connectivity index (χ2v) is 9.13. The van der Waals surface area contributed by atoms with Crippen LogP contribution in [-0.4, -0.2) is 23.1 Å². The molecule has 2 rings (SSSR count). The van der Waals surface area contributed by atoms with Crippen molar-refractivity contribution in [2.75, 3.05) is 0 Å². The smallest absolute Gasteiger partial charge is 0.328 e. The molecule has 0 radical (unpaired) electrons. The number of ether oxygens (including phenoxy) is 1. The van der Waals surface area contributed by atoms with E-state index in [0.29, 0.717) is 11.8 Å². The summed E-state index contributed by atoms with van der Waals surface area (Å²) >= 11 is 0. The van der Waals surface area contributed by atoms with Crippen molar-refractivity contribution in [3.8, 4) is 0 Å². The van der Waals surface area contributed by atoms with Gasteiger partial charge in [-0.3, -0.25) is 4.79 Å². The van der Waals surface area contributed by atoms with Gasteiger partial charge in [0.15, 0.2) is 0 Å². The number of hydrogen-bond donors (Lipinski definition) is 1. The zero-order valence-electron chi connectivity index (χ0n) is 16.9. The standard InChI is InChI=1S/C22H34O4/c1-14(13-20(24)25)7-9-17-15(2)8-10-18-21(4,5)19(26-16(3)23)11-12-22(17,18)6/h13,17-19H,2,7-12H2,1,3-6H3,(H,24,25)/t17-,18-,19?,22-/m1/s1. The predicted octanol–water partition coefficient (Wildman–Crippen LogP) is 5.14. The van der Waals surface area contributed by atoms with E-state index in [0.717, 1.165) is 44.1 Å². The zero-order chi connectivity index (χ0) is 19.7. The molecule has 2 fully saturated rings. The van der Waals surface area contributed by atoms with Gasteiger partial charge < -0.3 is 9.84 Å². The minimum atomic E-state index is -0.878. The summed E-state index contributed by atoms with van der Waals surface area (Å²) in [6.45, 7) is 14.6. The van der Waals surface area contributed by atoms with Gasteiger partial charge in [0.1, 0.15) is 6.10 Å². The molecule has 2 aliphatic rings. The Bertz CT molecular complexity index is 616.